The Morgan fingerprint density at radius 3 is 1.88 bits per heavy atom. The zero-order chi connectivity index (χ0) is 12.7. The van der Waals surface area contributed by atoms with E-state index >= 15 is 0 Å². The first-order valence-corrected chi connectivity index (χ1v) is 5.19. The van der Waals surface area contributed by atoms with E-state index in [1.807, 2.05) is 0 Å². The maximum atomic E-state index is 8.94. The Kier molecular flexibility index (Phi) is 5.44. The van der Waals surface area contributed by atoms with Crippen LogP contribution in [-0.2, 0) is 0 Å². The van der Waals surface area contributed by atoms with Gasteiger partial charge < -0.3 is 24.6 Å². The van der Waals surface area contributed by atoms with Crippen molar-refractivity contribution in [2.75, 3.05) is 45.4 Å². The molecule has 0 aromatic carbocycles. The van der Waals surface area contributed by atoms with Crippen molar-refractivity contribution >= 4 is 5.95 Å². The van der Waals surface area contributed by atoms with Gasteiger partial charge in [-0.15, -0.1) is 0 Å². The van der Waals surface area contributed by atoms with Crippen molar-refractivity contribution in [2.45, 2.75) is 0 Å². The van der Waals surface area contributed by atoms with Crippen molar-refractivity contribution in [1.82, 2.24) is 9.97 Å². The van der Waals surface area contributed by atoms with Crippen LogP contribution in [0, 0.1) is 0 Å². The van der Waals surface area contributed by atoms with Crippen molar-refractivity contribution < 1.29 is 19.7 Å². The first-order valence-electron chi connectivity index (χ1n) is 5.19. The van der Waals surface area contributed by atoms with Crippen LogP contribution >= 0.6 is 0 Å². The fourth-order valence-corrected chi connectivity index (χ4v) is 1.30. The van der Waals surface area contributed by atoms with Gasteiger partial charge in [-0.2, -0.15) is 9.97 Å². The summed E-state index contributed by atoms with van der Waals surface area (Å²) in [6.07, 6.45) is 0. The van der Waals surface area contributed by atoms with Crippen LogP contribution in [0.5, 0.6) is 11.8 Å². The van der Waals surface area contributed by atoms with Gasteiger partial charge in [-0.05, 0) is 0 Å². The van der Waals surface area contributed by atoms with Crippen molar-refractivity contribution in [1.29, 1.82) is 0 Å². The number of aliphatic hydroxyl groups is 2. The van der Waals surface area contributed by atoms with E-state index in [2.05, 4.69) is 9.97 Å². The van der Waals surface area contributed by atoms with Crippen LogP contribution in [0.2, 0.25) is 0 Å². The van der Waals surface area contributed by atoms with Crippen LogP contribution in [0.15, 0.2) is 6.07 Å². The van der Waals surface area contributed by atoms with E-state index in [-0.39, 0.29) is 13.2 Å². The largest absolute Gasteiger partial charge is 0.481 e. The molecule has 0 spiro atoms. The number of anilines is 1. The number of hydrogen-bond acceptors (Lipinski definition) is 7. The van der Waals surface area contributed by atoms with Crippen molar-refractivity contribution in [3.05, 3.63) is 6.07 Å². The molecular weight excluding hydrogens is 226 g/mol. The topological polar surface area (TPSA) is 87.9 Å². The molecule has 0 radical (unpaired) electrons. The van der Waals surface area contributed by atoms with Gasteiger partial charge in [0.1, 0.15) is 0 Å². The van der Waals surface area contributed by atoms with E-state index in [0.717, 1.165) is 0 Å². The van der Waals surface area contributed by atoms with Gasteiger partial charge in [-0.1, -0.05) is 0 Å². The Balaban J connectivity index is 2.99. The smallest absolute Gasteiger partial charge is 0.232 e. The molecule has 0 unspecified atom stereocenters. The molecule has 17 heavy (non-hydrogen) atoms. The third-order valence-corrected chi connectivity index (χ3v) is 2.11. The number of aliphatic hydroxyl groups excluding tert-OH is 2. The number of methoxy groups -OCH3 is 2. The molecule has 2 N–H and O–H groups in total. The van der Waals surface area contributed by atoms with E-state index in [9.17, 15) is 0 Å². The lowest BCUT2D eigenvalue weighted by Crippen LogP contribution is -2.31. The molecule has 0 atom stereocenters. The normalized spacial score (nSPS) is 10.1. The van der Waals surface area contributed by atoms with Gasteiger partial charge >= 0.3 is 0 Å². The van der Waals surface area contributed by atoms with E-state index in [1.165, 1.54) is 14.2 Å². The summed E-state index contributed by atoms with van der Waals surface area (Å²) in [6, 6.07) is 1.56. The van der Waals surface area contributed by atoms with Gasteiger partial charge in [0.2, 0.25) is 17.7 Å². The lowest BCUT2D eigenvalue weighted by Gasteiger charge is -2.21. The van der Waals surface area contributed by atoms with Crippen LogP contribution in [0.3, 0.4) is 0 Å². The van der Waals surface area contributed by atoms with Gasteiger partial charge in [0.25, 0.3) is 0 Å². The number of rotatable bonds is 7. The summed E-state index contributed by atoms with van der Waals surface area (Å²) in [5.41, 5.74) is 0. The molecule has 0 saturated heterocycles. The zero-order valence-corrected chi connectivity index (χ0v) is 9.96. The van der Waals surface area contributed by atoms with E-state index in [1.54, 1.807) is 11.0 Å². The highest BCUT2D eigenvalue weighted by Gasteiger charge is 2.12. The third kappa shape index (κ3) is 3.72. The van der Waals surface area contributed by atoms with Gasteiger partial charge in [-0.25, -0.2) is 0 Å². The Morgan fingerprint density at radius 2 is 1.53 bits per heavy atom. The number of aromatic nitrogens is 2. The Labute approximate surface area is 99.6 Å². The minimum atomic E-state index is -0.0527. The van der Waals surface area contributed by atoms with Crippen molar-refractivity contribution in [3.63, 3.8) is 0 Å². The van der Waals surface area contributed by atoms with Gasteiger partial charge in [-0.3, -0.25) is 0 Å². The number of nitrogens with zero attached hydrogens (tertiary/aromatic N) is 3. The van der Waals surface area contributed by atoms with Crippen LogP contribution < -0.4 is 14.4 Å². The van der Waals surface area contributed by atoms with Crippen molar-refractivity contribution in [2.24, 2.45) is 0 Å². The summed E-state index contributed by atoms with van der Waals surface area (Å²) in [5, 5.41) is 17.9. The second kappa shape index (κ2) is 6.87. The van der Waals surface area contributed by atoms with Crippen LogP contribution in [0.25, 0.3) is 0 Å². The van der Waals surface area contributed by atoms with Gasteiger partial charge in [0.15, 0.2) is 0 Å². The Hall–Kier alpha value is -1.60. The molecule has 1 aromatic rings. The highest BCUT2D eigenvalue weighted by Crippen LogP contribution is 2.19. The minimum absolute atomic E-state index is 0.0527. The molecular formula is C10H17N3O4. The molecule has 1 aromatic heterocycles. The second-order valence-corrected chi connectivity index (χ2v) is 3.19. The van der Waals surface area contributed by atoms with E-state index < -0.39 is 0 Å². The molecule has 7 nitrogen and oxygen atoms in total. The van der Waals surface area contributed by atoms with Crippen LogP contribution in [-0.4, -0.2) is 60.7 Å². The summed E-state index contributed by atoms with van der Waals surface area (Å²) in [6.45, 7) is 0.555. The van der Waals surface area contributed by atoms with Crippen molar-refractivity contribution in [3.8, 4) is 11.8 Å². The highest BCUT2D eigenvalue weighted by atomic mass is 16.5. The molecule has 0 aliphatic rings. The Bertz CT molecular complexity index is 320. The Morgan fingerprint density at radius 1 is 1.06 bits per heavy atom. The molecule has 0 bridgehead atoms. The second-order valence-electron chi connectivity index (χ2n) is 3.19. The monoisotopic (exact) mass is 243 g/mol. The first kappa shape index (κ1) is 13.5. The van der Waals surface area contributed by atoms with E-state index in [0.29, 0.717) is 30.8 Å². The van der Waals surface area contributed by atoms with E-state index in [4.69, 9.17) is 19.7 Å². The maximum absolute atomic E-state index is 8.94. The average Bonchev–Trinajstić information content (AvgIpc) is 2.37. The molecule has 7 heteroatoms. The summed E-state index contributed by atoms with van der Waals surface area (Å²) >= 11 is 0. The summed E-state index contributed by atoms with van der Waals surface area (Å²) < 4.78 is 10.0. The average molecular weight is 243 g/mol. The molecule has 0 aliphatic heterocycles. The summed E-state index contributed by atoms with van der Waals surface area (Å²) in [5.74, 6) is 1.09. The molecule has 0 aliphatic carbocycles. The summed E-state index contributed by atoms with van der Waals surface area (Å²) in [7, 11) is 2.99. The molecule has 96 valence electrons. The SMILES string of the molecule is COc1cc(OC)nc(N(CCO)CCO)n1. The van der Waals surface area contributed by atoms with Crippen LogP contribution in [0.4, 0.5) is 5.95 Å². The highest BCUT2D eigenvalue weighted by molar-refractivity contribution is 5.36. The predicted octanol–water partition coefficient (Wildman–Crippen LogP) is -0.715. The quantitative estimate of drug-likeness (QED) is 0.653. The zero-order valence-electron chi connectivity index (χ0n) is 9.96. The fourth-order valence-electron chi connectivity index (χ4n) is 1.30. The van der Waals surface area contributed by atoms with Crippen LogP contribution in [0.1, 0.15) is 0 Å². The minimum Gasteiger partial charge on any atom is -0.481 e. The molecule has 0 saturated carbocycles. The number of ether oxygens (including phenoxy) is 2. The molecule has 1 heterocycles. The summed E-state index contributed by atoms with van der Waals surface area (Å²) in [4.78, 5) is 9.90. The maximum Gasteiger partial charge on any atom is 0.232 e. The lowest BCUT2D eigenvalue weighted by atomic mass is 10.5. The molecule has 0 amide bonds. The van der Waals surface area contributed by atoms with Gasteiger partial charge in [0.05, 0.1) is 33.5 Å². The predicted molar refractivity (Wildman–Crippen MR) is 61.5 cm³/mol. The third-order valence-electron chi connectivity index (χ3n) is 2.11. The van der Waals surface area contributed by atoms with Gasteiger partial charge in [0, 0.05) is 13.1 Å². The lowest BCUT2D eigenvalue weighted by molar-refractivity contribution is 0.279. The first-order chi connectivity index (χ1) is 8.24. The fraction of sp³-hybridized carbons (Fsp3) is 0.600. The molecule has 0 fully saturated rings. The standard InChI is InChI=1S/C10H17N3O4/c1-16-8-7-9(17-2)12-10(11-8)13(3-5-14)4-6-15/h7,14-15H,3-6H2,1-2H3. The molecule has 1 rings (SSSR count). The number of hydrogen-bond donors (Lipinski definition) is 2.